The van der Waals surface area contributed by atoms with Crippen LogP contribution in [0.1, 0.15) is 281 Å². The summed E-state index contributed by atoms with van der Waals surface area (Å²) >= 11 is 10.5. The highest BCUT2D eigenvalue weighted by molar-refractivity contribution is 8.24. The highest BCUT2D eigenvalue weighted by Gasteiger charge is 2.46. The summed E-state index contributed by atoms with van der Waals surface area (Å²) in [7, 11) is 0. The standard InChI is InChI=1S/C63H94O2S6/c1-8-12-14-16-18-20-22-24-26-28-30-32-34-36-39-47-42-49(46(5)38-10-3)68-57(47)53-44-50-51(66-53)45-54(67-50)58-48(40-37-35-33-31-29-27-25-23-21-19-17-15-13-9-2)43-52(69-58)59-55-56(62(65)70-59)60(71-61(55)64)63(6,7)41-11-4/h42-46H,8-41H2,1-7H3. The molecular formula is C63H94O2S6. The summed E-state index contributed by atoms with van der Waals surface area (Å²) in [5.74, 6) is 0.608. The normalized spacial score (nSPS) is 14.7. The number of rotatable bonds is 39. The van der Waals surface area contributed by atoms with Crippen molar-refractivity contribution in [2.75, 3.05) is 0 Å². The Morgan fingerprint density at radius 3 is 1.31 bits per heavy atom. The van der Waals surface area contributed by atoms with Gasteiger partial charge in [-0.2, -0.15) is 0 Å². The van der Waals surface area contributed by atoms with Crippen molar-refractivity contribution in [3.05, 3.63) is 61.2 Å². The van der Waals surface area contributed by atoms with E-state index in [1.54, 1.807) is 10.4 Å². The van der Waals surface area contributed by atoms with Crippen LogP contribution in [0.25, 0.3) is 33.8 Å². The van der Waals surface area contributed by atoms with Crippen LogP contribution < -0.4 is 0 Å². The predicted octanol–water partition coefficient (Wildman–Crippen LogP) is 23.7. The molecule has 1 atom stereocenters. The summed E-state index contributed by atoms with van der Waals surface area (Å²) in [4.78, 5) is 37.9. The molecule has 2 aliphatic rings. The number of fused-ring (bicyclic) bond motifs is 2. The highest BCUT2D eigenvalue weighted by Crippen LogP contribution is 2.59. The first kappa shape index (κ1) is 58.8. The van der Waals surface area contributed by atoms with E-state index in [2.05, 4.69) is 84.1 Å². The minimum atomic E-state index is -0.190. The smallest absolute Gasteiger partial charge is 0.225 e. The van der Waals surface area contributed by atoms with E-state index in [0.29, 0.717) is 17.1 Å². The summed E-state index contributed by atoms with van der Waals surface area (Å²) in [5.41, 5.74) is 4.17. The van der Waals surface area contributed by atoms with Gasteiger partial charge in [0.25, 0.3) is 0 Å². The average Bonchev–Trinajstić information content (AvgIpc) is 4.21. The molecule has 4 aromatic rings. The van der Waals surface area contributed by atoms with Crippen LogP contribution >= 0.6 is 68.9 Å². The van der Waals surface area contributed by atoms with Gasteiger partial charge in [0.1, 0.15) is 0 Å². The van der Waals surface area contributed by atoms with Crippen molar-refractivity contribution in [3.8, 4) is 19.5 Å². The third-order valence-electron chi connectivity index (χ3n) is 15.3. The lowest BCUT2D eigenvalue weighted by Gasteiger charge is -2.25. The highest BCUT2D eigenvalue weighted by atomic mass is 32.2. The fourth-order valence-corrected chi connectivity index (χ4v) is 18.7. The summed E-state index contributed by atoms with van der Waals surface area (Å²) in [6.45, 7) is 16.0. The first-order valence-electron chi connectivity index (χ1n) is 29.3. The van der Waals surface area contributed by atoms with Gasteiger partial charge in [0.2, 0.25) is 10.2 Å². The molecule has 0 bridgehead atoms. The summed E-state index contributed by atoms with van der Waals surface area (Å²) < 4.78 is 2.78. The van der Waals surface area contributed by atoms with E-state index in [0.717, 1.165) is 33.9 Å². The van der Waals surface area contributed by atoms with Gasteiger partial charge < -0.3 is 0 Å². The minimum Gasteiger partial charge on any atom is -0.281 e. The number of aryl methyl sites for hydroxylation is 2. The number of hydrogen-bond donors (Lipinski definition) is 0. The number of thiophene rings is 4. The van der Waals surface area contributed by atoms with E-state index < -0.39 is 0 Å². The number of carbonyl (C=O) groups is 2. The van der Waals surface area contributed by atoms with Gasteiger partial charge in [-0.25, -0.2) is 0 Å². The molecule has 6 rings (SSSR count). The Kier molecular flexibility index (Phi) is 26.2. The van der Waals surface area contributed by atoms with Crippen LogP contribution in [0.3, 0.4) is 0 Å². The number of carbonyl (C=O) groups excluding carboxylic acids is 2. The molecule has 0 radical (unpaired) electrons. The molecular weight excluding hydrogens is 981 g/mol. The molecule has 0 aliphatic carbocycles. The first-order chi connectivity index (χ1) is 34.6. The van der Waals surface area contributed by atoms with E-state index in [4.69, 9.17) is 0 Å². The Balaban J connectivity index is 1.13. The monoisotopic (exact) mass is 1070 g/mol. The van der Waals surface area contributed by atoms with Gasteiger partial charge in [0.15, 0.2) is 0 Å². The lowest BCUT2D eigenvalue weighted by atomic mass is 9.84. The number of hydrogen-bond acceptors (Lipinski definition) is 8. The van der Waals surface area contributed by atoms with Gasteiger partial charge >= 0.3 is 0 Å². The lowest BCUT2D eigenvalue weighted by Crippen LogP contribution is -2.14. The summed E-state index contributed by atoms with van der Waals surface area (Å²) in [6.07, 6.45) is 45.3. The molecule has 0 aromatic carbocycles. The van der Waals surface area contributed by atoms with E-state index in [9.17, 15) is 9.59 Å². The Morgan fingerprint density at radius 1 is 0.437 bits per heavy atom. The molecule has 0 saturated carbocycles. The molecule has 0 spiro atoms. The zero-order valence-corrected chi connectivity index (χ0v) is 50.6. The Bertz CT molecular complexity index is 2260. The van der Waals surface area contributed by atoms with Gasteiger partial charge in [-0.15, -0.1) is 45.3 Å². The fourth-order valence-electron chi connectivity index (χ4n) is 11.1. The molecule has 71 heavy (non-hydrogen) atoms. The first-order valence-corrected chi connectivity index (χ1v) is 34.2. The second-order valence-electron chi connectivity index (χ2n) is 22.1. The van der Waals surface area contributed by atoms with Gasteiger partial charge in [0, 0.05) is 48.5 Å². The third-order valence-corrected chi connectivity index (χ3v) is 23.1. The van der Waals surface area contributed by atoms with E-state index in [1.165, 1.54) is 257 Å². The van der Waals surface area contributed by atoms with Crippen LogP contribution in [0.4, 0.5) is 0 Å². The summed E-state index contributed by atoms with van der Waals surface area (Å²) in [5, 5.41) is 0.120. The Hall–Kier alpha value is -1.42. The third kappa shape index (κ3) is 17.6. The van der Waals surface area contributed by atoms with Crippen LogP contribution in [0, 0.1) is 5.41 Å². The van der Waals surface area contributed by atoms with Gasteiger partial charge in [-0.1, -0.05) is 228 Å². The second-order valence-corrected chi connectivity index (χ2v) is 28.4. The molecule has 2 aliphatic heterocycles. The Morgan fingerprint density at radius 2 is 0.859 bits per heavy atom. The zero-order chi connectivity index (χ0) is 50.4. The zero-order valence-electron chi connectivity index (χ0n) is 45.7. The maximum absolute atomic E-state index is 13.8. The second kappa shape index (κ2) is 31.6. The number of thioether (sulfide) groups is 2. The van der Waals surface area contributed by atoms with Gasteiger partial charge in [0.05, 0.1) is 11.1 Å². The fraction of sp³-hybridized carbons (Fsp3) is 0.683. The number of allylic oxidation sites excluding steroid dienone is 1. The molecule has 1 unspecified atom stereocenters. The van der Waals surface area contributed by atoms with Crippen LogP contribution in [0.5, 0.6) is 0 Å². The van der Waals surface area contributed by atoms with Crippen LogP contribution in [-0.2, 0) is 22.4 Å². The van der Waals surface area contributed by atoms with Crippen molar-refractivity contribution in [2.24, 2.45) is 5.41 Å². The molecule has 0 amide bonds. The van der Waals surface area contributed by atoms with Gasteiger partial charge in [-0.3, -0.25) is 9.59 Å². The van der Waals surface area contributed by atoms with Crippen molar-refractivity contribution >= 4 is 93.4 Å². The minimum absolute atomic E-state index is 0.0599. The van der Waals surface area contributed by atoms with Crippen molar-refractivity contribution in [1.82, 2.24) is 0 Å². The average molecular weight is 1080 g/mol. The molecule has 394 valence electrons. The topological polar surface area (TPSA) is 34.1 Å². The molecule has 0 fully saturated rings. The van der Waals surface area contributed by atoms with Crippen molar-refractivity contribution in [1.29, 1.82) is 0 Å². The van der Waals surface area contributed by atoms with Gasteiger partial charge in [-0.05, 0) is 109 Å². The van der Waals surface area contributed by atoms with E-state index in [1.807, 2.05) is 34.0 Å². The molecule has 0 saturated heterocycles. The van der Waals surface area contributed by atoms with Crippen molar-refractivity contribution in [3.63, 3.8) is 0 Å². The lowest BCUT2D eigenvalue weighted by molar-refractivity contribution is -0.109. The number of unbranched alkanes of at least 4 members (excludes halogenated alkanes) is 26. The predicted molar refractivity (Wildman–Crippen MR) is 326 cm³/mol. The summed E-state index contributed by atoms with van der Waals surface area (Å²) in [6, 6.07) is 9.93. The molecule has 4 aromatic heterocycles. The quantitative estimate of drug-likeness (QED) is 0.0417. The van der Waals surface area contributed by atoms with Crippen LogP contribution in [0.2, 0.25) is 0 Å². The SMILES string of the molecule is CCCCCCCCCCCCCCCCc1cc(C2=C3C(=O)SC(C(C)(C)CCC)=C3C(=O)S2)sc1-c1cc2sc(-c3sc(C(C)CCC)cc3CCCCCCCCCCCCCCCC)cc2s1. The molecule has 0 N–H and O–H groups in total. The largest absolute Gasteiger partial charge is 0.281 e. The van der Waals surface area contributed by atoms with Crippen LogP contribution in [-0.4, -0.2) is 10.2 Å². The maximum atomic E-state index is 13.8. The maximum Gasteiger partial charge on any atom is 0.225 e. The molecule has 6 heterocycles. The van der Waals surface area contributed by atoms with Crippen molar-refractivity contribution < 1.29 is 9.59 Å². The molecule has 8 heteroatoms. The van der Waals surface area contributed by atoms with E-state index >= 15 is 0 Å². The molecule has 2 nitrogen and oxygen atoms in total. The van der Waals surface area contributed by atoms with Crippen molar-refractivity contribution in [2.45, 2.75) is 273 Å². The Labute approximate surface area is 458 Å². The van der Waals surface area contributed by atoms with Crippen LogP contribution in [0.15, 0.2) is 40.3 Å². The van der Waals surface area contributed by atoms with E-state index in [-0.39, 0.29) is 15.6 Å².